The molecule has 0 aliphatic rings. The summed E-state index contributed by atoms with van der Waals surface area (Å²) in [7, 11) is 0. The lowest BCUT2D eigenvalue weighted by molar-refractivity contribution is 0.587. The van der Waals surface area contributed by atoms with Crippen LogP contribution in [-0.4, -0.2) is 16.3 Å². The molecule has 0 spiro atoms. The quantitative estimate of drug-likeness (QED) is 0.610. The van der Waals surface area contributed by atoms with Crippen LogP contribution in [-0.2, 0) is 6.54 Å². The normalized spacial score (nSPS) is 12.3. The van der Waals surface area contributed by atoms with Crippen LogP contribution in [0.1, 0.15) is 31.9 Å². The second-order valence-corrected chi connectivity index (χ2v) is 6.64. The summed E-state index contributed by atoms with van der Waals surface area (Å²) in [6, 6.07) is 19.1. The first-order valence-corrected chi connectivity index (χ1v) is 7.70. The fraction of sp³-hybridized carbons (Fsp3) is 0.250. The Bertz CT molecular complexity index is 789. The van der Waals surface area contributed by atoms with Crippen LogP contribution in [0.25, 0.3) is 10.9 Å². The Morgan fingerprint density at radius 1 is 0.955 bits per heavy atom. The van der Waals surface area contributed by atoms with Gasteiger partial charge in [-0.1, -0.05) is 48.5 Å². The summed E-state index contributed by atoms with van der Waals surface area (Å²) in [5, 5.41) is 1.26. The molecule has 0 radical (unpaired) electrons. The van der Waals surface area contributed by atoms with Crippen molar-refractivity contribution in [3.63, 3.8) is 0 Å². The topological polar surface area (TPSA) is 17.3 Å². The number of hydrogen-bond donors (Lipinski definition) is 0. The number of nitrogens with zero attached hydrogens (tertiary/aromatic N) is 2. The molecule has 2 aromatic carbocycles. The molecule has 3 aromatic rings. The van der Waals surface area contributed by atoms with E-state index in [0.29, 0.717) is 0 Å². The Labute approximate surface area is 132 Å². The predicted octanol–water partition coefficient (Wildman–Crippen LogP) is 4.91. The third-order valence-electron chi connectivity index (χ3n) is 3.61. The van der Waals surface area contributed by atoms with Crippen molar-refractivity contribution in [3.8, 4) is 0 Å². The van der Waals surface area contributed by atoms with E-state index in [2.05, 4.69) is 91.1 Å². The first-order valence-electron chi connectivity index (χ1n) is 7.70. The van der Waals surface area contributed by atoms with Gasteiger partial charge >= 0.3 is 0 Å². The Hall–Kier alpha value is -2.35. The molecule has 3 rings (SSSR count). The summed E-state index contributed by atoms with van der Waals surface area (Å²) in [6.07, 6.45) is 4.21. The Balaban J connectivity index is 2.03. The number of aromatic nitrogens is 1. The molecule has 0 atom stereocenters. The monoisotopic (exact) mass is 290 g/mol. The van der Waals surface area contributed by atoms with Crippen LogP contribution < -0.4 is 0 Å². The number of fused-ring (bicyclic) bond motifs is 1. The molecule has 0 amide bonds. The minimum Gasteiger partial charge on any atom is -0.342 e. The SMILES string of the molecule is CC(C)(C)N=Cc1cn(Cc2ccccc2)c2ccccc12. The van der Waals surface area contributed by atoms with Crippen LogP contribution in [0.5, 0.6) is 0 Å². The van der Waals surface area contributed by atoms with Gasteiger partial charge in [0.15, 0.2) is 0 Å². The van der Waals surface area contributed by atoms with Gasteiger partial charge in [0.05, 0.1) is 5.54 Å². The maximum atomic E-state index is 4.66. The molecular formula is C20H22N2. The molecule has 1 aromatic heterocycles. The van der Waals surface area contributed by atoms with Gasteiger partial charge < -0.3 is 4.57 Å². The lowest BCUT2D eigenvalue weighted by Gasteiger charge is -2.10. The predicted molar refractivity (Wildman–Crippen MR) is 94.8 cm³/mol. The first kappa shape index (κ1) is 14.6. The first-order chi connectivity index (χ1) is 10.5. The average molecular weight is 290 g/mol. The van der Waals surface area contributed by atoms with E-state index in [1.165, 1.54) is 22.0 Å². The van der Waals surface area contributed by atoms with Crippen LogP contribution >= 0.6 is 0 Å². The van der Waals surface area contributed by atoms with Gasteiger partial charge in [0.25, 0.3) is 0 Å². The molecule has 2 nitrogen and oxygen atoms in total. The van der Waals surface area contributed by atoms with Crippen molar-refractivity contribution in [2.24, 2.45) is 4.99 Å². The maximum Gasteiger partial charge on any atom is 0.0524 e. The molecule has 0 bridgehead atoms. The third-order valence-corrected chi connectivity index (χ3v) is 3.61. The molecule has 112 valence electrons. The zero-order valence-electron chi connectivity index (χ0n) is 13.5. The Kier molecular flexibility index (Phi) is 3.84. The minimum atomic E-state index is -0.0529. The Morgan fingerprint density at radius 2 is 1.64 bits per heavy atom. The van der Waals surface area contributed by atoms with Crippen molar-refractivity contribution in [1.29, 1.82) is 0 Å². The zero-order valence-corrected chi connectivity index (χ0v) is 13.5. The third kappa shape index (κ3) is 3.28. The molecule has 0 saturated carbocycles. The van der Waals surface area contributed by atoms with Gasteiger partial charge in [0, 0.05) is 35.4 Å². The van der Waals surface area contributed by atoms with Crippen molar-refractivity contribution in [1.82, 2.24) is 4.57 Å². The highest BCUT2D eigenvalue weighted by Crippen LogP contribution is 2.22. The van der Waals surface area contributed by atoms with Crippen LogP contribution in [0.15, 0.2) is 65.8 Å². The van der Waals surface area contributed by atoms with Gasteiger partial charge in [-0.2, -0.15) is 0 Å². The van der Waals surface area contributed by atoms with Gasteiger partial charge in [-0.25, -0.2) is 0 Å². The van der Waals surface area contributed by atoms with Crippen LogP contribution in [0.3, 0.4) is 0 Å². The summed E-state index contributed by atoms with van der Waals surface area (Å²) in [6.45, 7) is 7.23. The molecule has 2 heteroatoms. The molecule has 0 unspecified atom stereocenters. The molecule has 22 heavy (non-hydrogen) atoms. The Morgan fingerprint density at radius 3 is 2.36 bits per heavy atom. The van der Waals surface area contributed by atoms with Gasteiger partial charge in [-0.3, -0.25) is 4.99 Å². The van der Waals surface area contributed by atoms with Crippen molar-refractivity contribution >= 4 is 17.1 Å². The molecule has 0 aliphatic carbocycles. The molecule has 0 fully saturated rings. The van der Waals surface area contributed by atoms with Crippen molar-refractivity contribution < 1.29 is 0 Å². The van der Waals surface area contributed by atoms with Gasteiger partial charge in [0.1, 0.15) is 0 Å². The summed E-state index contributed by atoms with van der Waals surface area (Å²) < 4.78 is 2.30. The van der Waals surface area contributed by atoms with Crippen LogP contribution in [0.2, 0.25) is 0 Å². The number of aliphatic imine (C=N–C) groups is 1. The minimum absolute atomic E-state index is 0.0529. The fourth-order valence-electron chi connectivity index (χ4n) is 2.55. The highest BCUT2D eigenvalue weighted by Gasteiger charge is 2.09. The van der Waals surface area contributed by atoms with E-state index < -0.39 is 0 Å². The van der Waals surface area contributed by atoms with E-state index in [1.807, 2.05) is 6.21 Å². The molecular weight excluding hydrogens is 268 g/mol. The second-order valence-electron chi connectivity index (χ2n) is 6.64. The number of hydrogen-bond acceptors (Lipinski definition) is 1. The number of benzene rings is 2. The summed E-state index contributed by atoms with van der Waals surface area (Å²) in [5.74, 6) is 0. The highest BCUT2D eigenvalue weighted by atomic mass is 15.0. The van der Waals surface area contributed by atoms with E-state index in [1.54, 1.807) is 0 Å². The van der Waals surface area contributed by atoms with E-state index >= 15 is 0 Å². The van der Waals surface area contributed by atoms with Crippen molar-refractivity contribution in [2.75, 3.05) is 0 Å². The zero-order chi connectivity index (χ0) is 15.6. The van der Waals surface area contributed by atoms with Crippen LogP contribution in [0.4, 0.5) is 0 Å². The van der Waals surface area contributed by atoms with Gasteiger partial charge in [-0.15, -0.1) is 0 Å². The van der Waals surface area contributed by atoms with E-state index in [4.69, 9.17) is 0 Å². The average Bonchev–Trinajstić information content (AvgIpc) is 2.84. The summed E-state index contributed by atoms with van der Waals surface area (Å²) in [5.41, 5.74) is 3.69. The molecule has 0 N–H and O–H groups in total. The largest absolute Gasteiger partial charge is 0.342 e. The van der Waals surface area contributed by atoms with Gasteiger partial charge in [-0.05, 0) is 32.4 Å². The molecule has 1 heterocycles. The van der Waals surface area contributed by atoms with Crippen molar-refractivity contribution in [3.05, 3.63) is 71.9 Å². The van der Waals surface area contributed by atoms with Crippen LogP contribution in [0, 0.1) is 0 Å². The number of rotatable bonds is 3. The van der Waals surface area contributed by atoms with E-state index in [9.17, 15) is 0 Å². The maximum absolute atomic E-state index is 4.66. The summed E-state index contributed by atoms with van der Waals surface area (Å²) >= 11 is 0. The highest BCUT2D eigenvalue weighted by molar-refractivity contribution is 5.99. The van der Waals surface area contributed by atoms with E-state index in [0.717, 1.165) is 6.54 Å². The van der Waals surface area contributed by atoms with E-state index in [-0.39, 0.29) is 5.54 Å². The standard InChI is InChI=1S/C20H22N2/c1-20(2,3)21-13-17-15-22(14-16-9-5-4-6-10-16)19-12-8-7-11-18(17)19/h4-13,15H,14H2,1-3H3. The fourth-order valence-corrected chi connectivity index (χ4v) is 2.55. The van der Waals surface area contributed by atoms with Crippen molar-refractivity contribution in [2.45, 2.75) is 32.9 Å². The van der Waals surface area contributed by atoms with Gasteiger partial charge in [0.2, 0.25) is 0 Å². The smallest absolute Gasteiger partial charge is 0.0524 e. The number of para-hydroxylation sites is 1. The molecule has 0 saturated heterocycles. The lowest BCUT2D eigenvalue weighted by atomic mass is 10.1. The lowest BCUT2D eigenvalue weighted by Crippen LogP contribution is -2.09. The molecule has 0 aliphatic heterocycles. The second kappa shape index (κ2) is 5.80. The summed E-state index contributed by atoms with van der Waals surface area (Å²) in [4.78, 5) is 4.66.